The highest BCUT2D eigenvalue weighted by Gasteiger charge is 1.99. The molecule has 0 atom stereocenters. The van der Waals surface area contributed by atoms with E-state index in [-0.39, 0.29) is 12.8 Å². The normalized spacial score (nSPS) is 9.60. The van der Waals surface area contributed by atoms with Gasteiger partial charge in [-0.1, -0.05) is 48.5 Å². The van der Waals surface area contributed by atoms with E-state index in [0.29, 0.717) is 39.0 Å². The van der Waals surface area contributed by atoms with Crippen LogP contribution in [0.1, 0.15) is 47.9 Å². The number of hydrogen-bond acceptors (Lipinski definition) is 6. The Labute approximate surface area is 177 Å². The van der Waals surface area contributed by atoms with E-state index < -0.39 is 11.9 Å². The Bertz CT molecular complexity index is 695. The van der Waals surface area contributed by atoms with Crippen molar-refractivity contribution in [3.63, 3.8) is 0 Å². The largest absolute Gasteiger partial charge is 0.481 e. The van der Waals surface area contributed by atoms with E-state index >= 15 is 0 Å². The number of carboxylic acids is 2. The molecule has 0 saturated carbocycles. The van der Waals surface area contributed by atoms with Crippen LogP contribution in [-0.4, -0.2) is 22.2 Å². The Hall–Kier alpha value is -2.78. The summed E-state index contributed by atoms with van der Waals surface area (Å²) in [5.74, 6) is -1.74. The predicted octanol–water partition coefficient (Wildman–Crippen LogP) is 1.92. The van der Waals surface area contributed by atoms with Gasteiger partial charge in [-0.05, 0) is 35.1 Å². The second-order valence-electron chi connectivity index (χ2n) is 6.40. The van der Waals surface area contributed by atoms with Gasteiger partial charge in [-0.25, -0.2) is 0 Å². The molecule has 0 saturated heterocycles. The molecule has 0 aliphatic carbocycles. The van der Waals surface area contributed by atoms with Gasteiger partial charge < -0.3 is 33.1 Å². The topological polar surface area (TPSA) is 179 Å². The molecule has 0 unspecified atom stereocenters. The van der Waals surface area contributed by atoms with Crippen LogP contribution in [0.2, 0.25) is 0 Å². The number of rotatable bonds is 9. The van der Waals surface area contributed by atoms with Gasteiger partial charge in [0.1, 0.15) is 0 Å². The van der Waals surface area contributed by atoms with Gasteiger partial charge in [-0.2, -0.15) is 0 Å². The number of benzene rings is 2. The monoisotopic (exact) mass is 418 g/mol. The Kier molecular flexibility index (Phi) is 15.5. The summed E-state index contributed by atoms with van der Waals surface area (Å²) in [4.78, 5) is 19.8. The minimum Gasteiger partial charge on any atom is -0.481 e. The number of carbonyl (C=O) groups is 2. The average Bonchev–Trinajstić information content (AvgIpc) is 2.77. The Morgan fingerprint density at radius 2 is 1.03 bits per heavy atom. The first kappa shape index (κ1) is 27.2. The fourth-order valence-corrected chi connectivity index (χ4v) is 2.39. The van der Waals surface area contributed by atoms with Crippen LogP contribution >= 0.6 is 0 Å². The first-order valence-electron chi connectivity index (χ1n) is 9.76. The summed E-state index contributed by atoms with van der Waals surface area (Å²) in [5.41, 5.74) is 26.4. The highest BCUT2D eigenvalue weighted by atomic mass is 16.4. The van der Waals surface area contributed by atoms with E-state index in [9.17, 15) is 9.59 Å². The van der Waals surface area contributed by atoms with Crippen LogP contribution in [0.25, 0.3) is 0 Å². The van der Waals surface area contributed by atoms with Crippen molar-refractivity contribution in [2.75, 3.05) is 0 Å². The number of unbranched alkanes of at least 4 members (excludes halogenated alkanes) is 1. The van der Waals surface area contributed by atoms with Crippen LogP contribution in [0.5, 0.6) is 0 Å². The highest BCUT2D eigenvalue weighted by Crippen LogP contribution is 2.05. The quantitative estimate of drug-likeness (QED) is 0.334. The molecule has 2 aromatic carbocycles. The zero-order valence-electron chi connectivity index (χ0n) is 17.3. The van der Waals surface area contributed by atoms with E-state index in [2.05, 4.69) is 0 Å². The van der Waals surface area contributed by atoms with Crippen molar-refractivity contribution in [2.45, 2.75) is 51.9 Å². The van der Waals surface area contributed by atoms with Crippen molar-refractivity contribution in [1.82, 2.24) is 0 Å². The van der Waals surface area contributed by atoms with Crippen molar-refractivity contribution in [3.05, 3.63) is 70.8 Å². The third-order valence-corrected chi connectivity index (χ3v) is 4.05. The molecule has 8 heteroatoms. The van der Waals surface area contributed by atoms with Gasteiger partial charge in [0, 0.05) is 39.0 Å². The summed E-state index contributed by atoms with van der Waals surface area (Å²) in [6.07, 6.45) is 1.02. The summed E-state index contributed by atoms with van der Waals surface area (Å²) in [7, 11) is 0. The zero-order valence-corrected chi connectivity index (χ0v) is 17.3. The maximum absolute atomic E-state index is 9.90. The Balaban J connectivity index is 0.000000420. The summed E-state index contributed by atoms with van der Waals surface area (Å²) in [6.45, 7) is 2.34. The first-order valence-corrected chi connectivity index (χ1v) is 9.76. The molecule has 0 amide bonds. The van der Waals surface area contributed by atoms with Crippen molar-refractivity contribution >= 4 is 11.9 Å². The third-order valence-electron chi connectivity index (χ3n) is 4.05. The van der Waals surface area contributed by atoms with E-state index in [1.807, 2.05) is 48.5 Å². The van der Waals surface area contributed by atoms with E-state index in [1.54, 1.807) is 0 Å². The van der Waals surface area contributed by atoms with Crippen LogP contribution in [0.3, 0.4) is 0 Å². The SMILES string of the molecule is NCc1cccc(CN)c1.NCc1ccccc1CN.O=C(O)CCCCC(=O)O. The van der Waals surface area contributed by atoms with E-state index in [1.165, 1.54) is 0 Å². The molecular weight excluding hydrogens is 384 g/mol. The van der Waals surface area contributed by atoms with E-state index in [4.69, 9.17) is 33.1 Å². The molecular formula is C22H34N4O4. The molecule has 0 spiro atoms. The van der Waals surface area contributed by atoms with Gasteiger partial charge in [-0.3, -0.25) is 9.59 Å². The Morgan fingerprint density at radius 1 is 0.633 bits per heavy atom. The van der Waals surface area contributed by atoms with Gasteiger partial charge in [0.25, 0.3) is 0 Å². The number of aliphatic carboxylic acids is 2. The molecule has 0 aliphatic heterocycles. The standard InChI is InChI=1S/2C8H12N2.C6H10O4/c9-5-7-2-1-3-8(4-7)6-10;9-5-7-3-1-2-4-8(7)6-10;7-5(8)3-1-2-4-6(9)10/h2*1-4H,5-6,9-10H2;1-4H2,(H,7,8)(H,9,10). The first-order chi connectivity index (χ1) is 14.4. The van der Waals surface area contributed by atoms with Crippen LogP contribution in [-0.2, 0) is 35.8 Å². The van der Waals surface area contributed by atoms with Crippen LogP contribution in [0.15, 0.2) is 48.5 Å². The minimum atomic E-state index is -0.870. The lowest BCUT2D eigenvalue weighted by Gasteiger charge is -2.02. The molecule has 0 bridgehead atoms. The van der Waals surface area contributed by atoms with Crippen molar-refractivity contribution in [1.29, 1.82) is 0 Å². The number of hydrogen-bond donors (Lipinski definition) is 6. The summed E-state index contributed by atoms with van der Waals surface area (Å²) in [6, 6.07) is 16.0. The molecule has 0 radical (unpaired) electrons. The molecule has 10 N–H and O–H groups in total. The molecule has 0 aliphatic rings. The van der Waals surface area contributed by atoms with Gasteiger partial charge in [0.05, 0.1) is 0 Å². The van der Waals surface area contributed by atoms with Gasteiger partial charge in [0.15, 0.2) is 0 Å². The molecule has 0 aromatic heterocycles. The lowest BCUT2D eigenvalue weighted by atomic mass is 10.1. The maximum Gasteiger partial charge on any atom is 0.303 e. The second kappa shape index (κ2) is 17.1. The van der Waals surface area contributed by atoms with E-state index in [0.717, 1.165) is 22.3 Å². The molecule has 0 heterocycles. The summed E-state index contributed by atoms with van der Waals surface area (Å²) >= 11 is 0. The van der Waals surface area contributed by atoms with Crippen molar-refractivity contribution < 1.29 is 19.8 Å². The lowest BCUT2D eigenvalue weighted by Crippen LogP contribution is -2.05. The maximum atomic E-state index is 9.90. The number of nitrogens with two attached hydrogens (primary N) is 4. The van der Waals surface area contributed by atoms with Crippen LogP contribution in [0, 0.1) is 0 Å². The fourth-order valence-electron chi connectivity index (χ4n) is 2.39. The summed E-state index contributed by atoms with van der Waals surface area (Å²) < 4.78 is 0. The molecule has 2 rings (SSSR count). The van der Waals surface area contributed by atoms with Crippen LogP contribution < -0.4 is 22.9 Å². The molecule has 0 fully saturated rings. The predicted molar refractivity (Wildman–Crippen MR) is 118 cm³/mol. The molecule has 166 valence electrons. The molecule has 2 aromatic rings. The third kappa shape index (κ3) is 13.4. The van der Waals surface area contributed by atoms with Crippen molar-refractivity contribution in [3.8, 4) is 0 Å². The van der Waals surface area contributed by atoms with Crippen LogP contribution in [0.4, 0.5) is 0 Å². The Morgan fingerprint density at radius 3 is 1.33 bits per heavy atom. The fraction of sp³-hybridized carbons (Fsp3) is 0.364. The summed E-state index contributed by atoms with van der Waals surface area (Å²) in [5, 5.41) is 16.3. The smallest absolute Gasteiger partial charge is 0.303 e. The minimum absolute atomic E-state index is 0.0628. The lowest BCUT2D eigenvalue weighted by molar-refractivity contribution is -0.139. The second-order valence-corrected chi connectivity index (χ2v) is 6.40. The zero-order chi connectivity index (χ0) is 22.8. The van der Waals surface area contributed by atoms with Gasteiger partial charge in [0.2, 0.25) is 0 Å². The van der Waals surface area contributed by atoms with Gasteiger partial charge in [-0.15, -0.1) is 0 Å². The van der Waals surface area contributed by atoms with Crippen molar-refractivity contribution in [2.24, 2.45) is 22.9 Å². The molecule has 30 heavy (non-hydrogen) atoms. The number of carboxylic acid groups (broad SMARTS) is 2. The highest BCUT2D eigenvalue weighted by molar-refractivity contribution is 5.67. The van der Waals surface area contributed by atoms with Gasteiger partial charge >= 0.3 is 11.9 Å². The molecule has 8 nitrogen and oxygen atoms in total. The average molecular weight is 419 g/mol.